The Hall–Kier alpha value is -2.68. The maximum Gasteiger partial charge on any atom is 0.215 e. The Bertz CT molecular complexity index is 829. The molecule has 106 valence electrons. The number of rotatable bonds is 3. The fraction of sp³-hybridized carbons (Fsp3) is 0.0833. The summed E-state index contributed by atoms with van der Waals surface area (Å²) in [6.45, 7) is 0. The lowest BCUT2D eigenvalue weighted by Crippen LogP contribution is -2.15. The summed E-state index contributed by atoms with van der Waals surface area (Å²) in [4.78, 5) is 4.54. The van der Waals surface area contributed by atoms with E-state index in [0.717, 1.165) is 10.9 Å². The summed E-state index contributed by atoms with van der Waals surface area (Å²) in [6.07, 6.45) is 0. The Balaban J connectivity index is 2.16. The molecule has 3 aromatic rings. The number of pyridine rings is 1. The number of amidine groups is 1. The number of hydrogen-bond donors (Lipinski definition) is 2. The molecule has 0 bridgehead atoms. The molecule has 0 fully saturated rings. The first-order valence-electron chi connectivity index (χ1n) is 5.97. The Morgan fingerprint density at radius 1 is 1.38 bits per heavy atom. The van der Waals surface area contributed by atoms with Crippen LogP contribution in [-0.4, -0.2) is 36.2 Å². The van der Waals surface area contributed by atoms with Crippen LogP contribution in [0, 0.1) is 0 Å². The molecule has 9 heteroatoms. The summed E-state index contributed by atoms with van der Waals surface area (Å²) in [5, 5.41) is 25.3. The van der Waals surface area contributed by atoms with Crippen molar-refractivity contribution in [1.29, 1.82) is 0 Å². The van der Waals surface area contributed by atoms with Crippen molar-refractivity contribution in [3.8, 4) is 0 Å². The zero-order valence-corrected chi connectivity index (χ0v) is 11.8. The number of tetrazole rings is 1. The Kier molecular flexibility index (Phi) is 3.40. The van der Waals surface area contributed by atoms with Crippen LogP contribution in [0.4, 0.5) is 0 Å². The molecule has 3 rings (SSSR count). The van der Waals surface area contributed by atoms with Gasteiger partial charge in [-0.1, -0.05) is 23.4 Å². The highest BCUT2D eigenvalue weighted by molar-refractivity contribution is 7.99. The predicted molar refractivity (Wildman–Crippen MR) is 77.2 cm³/mol. The minimum Gasteiger partial charge on any atom is -0.409 e. The Morgan fingerprint density at radius 3 is 2.90 bits per heavy atom. The molecule has 8 nitrogen and oxygen atoms in total. The molecule has 0 aliphatic carbocycles. The van der Waals surface area contributed by atoms with Crippen molar-refractivity contribution in [1.82, 2.24) is 25.2 Å². The molecule has 0 atom stereocenters. The topological polar surface area (TPSA) is 115 Å². The summed E-state index contributed by atoms with van der Waals surface area (Å²) in [5.74, 6) is -0.00844. The molecule has 0 aliphatic heterocycles. The predicted octanol–water partition coefficient (Wildman–Crippen LogP) is 1.00. The van der Waals surface area contributed by atoms with E-state index in [1.165, 1.54) is 16.4 Å². The van der Waals surface area contributed by atoms with E-state index in [-0.39, 0.29) is 5.84 Å². The van der Waals surface area contributed by atoms with Gasteiger partial charge < -0.3 is 10.9 Å². The van der Waals surface area contributed by atoms with Gasteiger partial charge in [0, 0.05) is 12.4 Å². The SMILES string of the molecule is Cn1nnnc1Sc1nc2ccccc2cc1C(N)=NO. The van der Waals surface area contributed by atoms with Crippen LogP contribution in [0.15, 0.2) is 45.7 Å². The molecule has 2 heterocycles. The number of hydrogen-bond acceptors (Lipinski definition) is 7. The molecule has 0 saturated carbocycles. The van der Waals surface area contributed by atoms with Gasteiger partial charge in [-0.05, 0) is 34.3 Å². The highest BCUT2D eigenvalue weighted by atomic mass is 32.2. The number of oxime groups is 1. The molecule has 0 unspecified atom stereocenters. The van der Waals surface area contributed by atoms with E-state index in [9.17, 15) is 0 Å². The molecular weight excluding hydrogens is 290 g/mol. The normalized spacial score (nSPS) is 12.0. The maximum atomic E-state index is 8.95. The summed E-state index contributed by atoms with van der Waals surface area (Å²) < 4.78 is 1.53. The van der Waals surface area contributed by atoms with E-state index in [1.54, 1.807) is 7.05 Å². The molecular formula is C12H11N7OS. The zero-order chi connectivity index (χ0) is 14.8. The van der Waals surface area contributed by atoms with Crippen LogP contribution in [-0.2, 0) is 7.05 Å². The van der Waals surface area contributed by atoms with Crippen molar-refractivity contribution in [3.63, 3.8) is 0 Å². The molecule has 0 saturated heterocycles. The van der Waals surface area contributed by atoms with Gasteiger partial charge in [-0.25, -0.2) is 9.67 Å². The number of aryl methyl sites for hydroxylation is 1. The first-order chi connectivity index (χ1) is 10.2. The van der Waals surface area contributed by atoms with Gasteiger partial charge >= 0.3 is 0 Å². The van der Waals surface area contributed by atoms with E-state index >= 15 is 0 Å². The van der Waals surface area contributed by atoms with Gasteiger partial charge in [0.15, 0.2) is 5.84 Å². The van der Waals surface area contributed by atoms with Crippen LogP contribution in [0.2, 0.25) is 0 Å². The first-order valence-corrected chi connectivity index (χ1v) is 6.78. The second kappa shape index (κ2) is 5.37. The summed E-state index contributed by atoms with van der Waals surface area (Å²) in [5.41, 5.74) is 7.08. The monoisotopic (exact) mass is 301 g/mol. The summed E-state index contributed by atoms with van der Waals surface area (Å²) >= 11 is 1.25. The van der Waals surface area contributed by atoms with E-state index in [1.807, 2.05) is 30.3 Å². The third-order valence-electron chi connectivity index (χ3n) is 2.84. The lowest BCUT2D eigenvalue weighted by atomic mass is 10.1. The fourth-order valence-corrected chi connectivity index (χ4v) is 2.64. The van der Waals surface area contributed by atoms with Gasteiger partial charge in [-0.3, -0.25) is 0 Å². The lowest BCUT2D eigenvalue weighted by Gasteiger charge is -2.08. The summed E-state index contributed by atoms with van der Waals surface area (Å²) in [7, 11) is 1.73. The average Bonchev–Trinajstić information content (AvgIpc) is 2.91. The number of fused-ring (bicyclic) bond motifs is 1. The molecule has 21 heavy (non-hydrogen) atoms. The molecule has 0 aliphatic rings. The van der Waals surface area contributed by atoms with Crippen LogP contribution >= 0.6 is 11.8 Å². The number of nitrogens with two attached hydrogens (primary N) is 1. The highest BCUT2D eigenvalue weighted by Gasteiger charge is 2.15. The summed E-state index contributed by atoms with van der Waals surface area (Å²) in [6, 6.07) is 9.43. The minimum absolute atomic E-state index is 0.00844. The largest absolute Gasteiger partial charge is 0.409 e. The number of benzene rings is 1. The van der Waals surface area contributed by atoms with Gasteiger partial charge in [-0.15, -0.1) is 5.10 Å². The molecule has 1 aromatic carbocycles. The third-order valence-corrected chi connectivity index (χ3v) is 3.87. The fourth-order valence-electron chi connectivity index (χ4n) is 1.81. The van der Waals surface area contributed by atoms with Crippen molar-refractivity contribution in [3.05, 3.63) is 35.9 Å². The smallest absolute Gasteiger partial charge is 0.215 e. The van der Waals surface area contributed by atoms with Gasteiger partial charge in [-0.2, -0.15) is 0 Å². The van der Waals surface area contributed by atoms with Crippen LogP contribution < -0.4 is 5.73 Å². The van der Waals surface area contributed by atoms with Crippen LogP contribution in [0.25, 0.3) is 10.9 Å². The maximum absolute atomic E-state index is 8.95. The molecule has 3 N–H and O–H groups in total. The Morgan fingerprint density at radius 2 is 2.19 bits per heavy atom. The van der Waals surface area contributed by atoms with Crippen molar-refractivity contribution >= 4 is 28.5 Å². The van der Waals surface area contributed by atoms with Crippen LogP contribution in [0.3, 0.4) is 0 Å². The van der Waals surface area contributed by atoms with Crippen molar-refractivity contribution in [2.75, 3.05) is 0 Å². The van der Waals surface area contributed by atoms with Crippen LogP contribution in [0.1, 0.15) is 5.56 Å². The molecule has 0 radical (unpaired) electrons. The van der Waals surface area contributed by atoms with Crippen molar-refractivity contribution < 1.29 is 5.21 Å². The second-order valence-corrected chi connectivity index (χ2v) is 5.16. The van der Waals surface area contributed by atoms with Crippen LogP contribution in [0.5, 0.6) is 0 Å². The third kappa shape index (κ3) is 2.50. The second-order valence-electron chi connectivity index (χ2n) is 4.21. The van der Waals surface area contributed by atoms with E-state index in [4.69, 9.17) is 10.9 Å². The zero-order valence-electron chi connectivity index (χ0n) is 11.0. The number of aromatic nitrogens is 5. The lowest BCUT2D eigenvalue weighted by molar-refractivity contribution is 0.318. The first kappa shape index (κ1) is 13.3. The van der Waals surface area contributed by atoms with Crippen molar-refractivity contribution in [2.24, 2.45) is 17.9 Å². The Labute approximate surface area is 123 Å². The highest BCUT2D eigenvalue weighted by Crippen LogP contribution is 2.29. The van der Waals surface area contributed by atoms with Crippen molar-refractivity contribution in [2.45, 2.75) is 10.2 Å². The number of nitrogens with zero attached hydrogens (tertiary/aromatic N) is 6. The van der Waals surface area contributed by atoms with E-state index < -0.39 is 0 Å². The average molecular weight is 301 g/mol. The molecule has 2 aromatic heterocycles. The standard InChI is InChI=1S/C12H11N7OS/c1-19-12(15-17-18-19)21-11-8(10(13)16-20)6-7-4-2-3-5-9(7)14-11/h2-6,20H,1H3,(H2,13,16). The van der Waals surface area contributed by atoms with Gasteiger partial charge in [0.25, 0.3) is 0 Å². The minimum atomic E-state index is -0.00844. The van der Waals surface area contributed by atoms with Gasteiger partial charge in [0.05, 0.1) is 11.1 Å². The molecule has 0 amide bonds. The quantitative estimate of drug-likeness (QED) is 0.321. The van der Waals surface area contributed by atoms with Gasteiger partial charge in [0.1, 0.15) is 5.03 Å². The van der Waals surface area contributed by atoms with E-state index in [0.29, 0.717) is 15.7 Å². The van der Waals surface area contributed by atoms with E-state index in [2.05, 4.69) is 25.7 Å². The number of para-hydroxylation sites is 1. The molecule has 0 spiro atoms. The van der Waals surface area contributed by atoms with Gasteiger partial charge in [0.2, 0.25) is 5.16 Å².